The molecule has 0 aliphatic carbocycles. The maximum absolute atomic E-state index is 12.7. The number of aromatic nitrogens is 2. The Morgan fingerprint density at radius 1 is 1.43 bits per heavy atom. The summed E-state index contributed by atoms with van der Waals surface area (Å²) in [5.74, 6) is -0.207. The van der Waals surface area contributed by atoms with Crippen molar-refractivity contribution < 1.29 is 13.6 Å². The molecule has 3 N–H and O–H groups in total. The predicted octanol–water partition coefficient (Wildman–Crippen LogP) is 2.07. The Balaban J connectivity index is 2.70. The van der Waals surface area contributed by atoms with E-state index in [2.05, 4.69) is 17.3 Å². The van der Waals surface area contributed by atoms with Crippen LogP contribution in [0.4, 0.5) is 8.78 Å². The molecule has 0 fully saturated rings. The van der Waals surface area contributed by atoms with E-state index in [-0.39, 0.29) is 18.4 Å². The van der Waals surface area contributed by atoms with Gasteiger partial charge in [-0.15, -0.1) is 0 Å². The standard InChI is InChI=1S/C14H24F2N4O/c1-4-5-6-11(8-17)18-13(21)7-12-9(2)19-20(10(12)3)14(15)16/h11,14H,4-8,17H2,1-3H3,(H,18,21). The van der Waals surface area contributed by atoms with Crippen molar-refractivity contribution >= 4 is 5.91 Å². The number of carbonyl (C=O) groups is 1. The molecule has 5 nitrogen and oxygen atoms in total. The second-order valence-corrected chi connectivity index (χ2v) is 5.19. The van der Waals surface area contributed by atoms with Gasteiger partial charge in [0.2, 0.25) is 5.91 Å². The summed E-state index contributed by atoms with van der Waals surface area (Å²) in [6, 6.07) is -0.0665. The van der Waals surface area contributed by atoms with Crippen molar-refractivity contribution in [1.29, 1.82) is 0 Å². The Morgan fingerprint density at radius 2 is 2.10 bits per heavy atom. The van der Waals surface area contributed by atoms with E-state index >= 15 is 0 Å². The van der Waals surface area contributed by atoms with Crippen molar-refractivity contribution in [2.45, 2.75) is 59.0 Å². The van der Waals surface area contributed by atoms with Crippen LogP contribution in [0.25, 0.3) is 0 Å². The molecule has 1 rings (SSSR count). The lowest BCUT2D eigenvalue weighted by molar-refractivity contribution is -0.121. The Morgan fingerprint density at radius 3 is 2.57 bits per heavy atom. The Kier molecular flexibility index (Phi) is 6.74. The van der Waals surface area contributed by atoms with Gasteiger partial charge in [-0.3, -0.25) is 4.79 Å². The van der Waals surface area contributed by atoms with Gasteiger partial charge in [-0.25, -0.2) is 4.68 Å². The van der Waals surface area contributed by atoms with Crippen molar-refractivity contribution in [3.05, 3.63) is 17.0 Å². The summed E-state index contributed by atoms with van der Waals surface area (Å²) in [7, 11) is 0. The maximum Gasteiger partial charge on any atom is 0.333 e. The highest BCUT2D eigenvalue weighted by Gasteiger charge is 2.20. The first kappa shape index (κ1) is 17.6. The zero-order chi connectivity index (χ0) is 16.0. The number of hydrogen-bond donors (Lipinski definition) is 2. The summed E-state index contributed by atoms with van der Waals surface area (Å²) in [5.41, 5.74) is 6.97. The number of aryl methyl sites for hydroxylation is 1. The molecule has 0 aliphatic heterocycles. The number of nitrogens with two attached hydrogens (primary N) is 1. The lowest BCUT2D eigenvalue weighted by atomic mass is 10.1. The number of alkyl halides is 2. The van der Waals surface area contributed by atoms with Crippen LogP contribution in [0.2, 0.25) is 0 Å². The number of unbranched alkanes of at least 4 members (excludes halogenated alkanes) is 1. The van der Waals surface area contributed by atoms with E-state index < -0.39 is 6.55 Å². The molecule has 0 spiro atoms. The minimum absolute atomic E-state index is 0.0486. The maximum atomic E-state index is 12.7. The second-order valence-electron chi connectivity index (χ2n) is 5.19. The van der Waals surface area contributed by atoms with Gasteiger partial charge in [0, 0.05) is 23.8 Å². The van der Waals surface area contributed by atoms with E-state index in [1.807, 2.05) is 0 Å². The third-order valence-corrected chi connectivity index (χ3v) is 3.55. The SMILES string of the molecule is CCCCC(CN)NC(=O)Cc1c(C)nn(C(F)F)c1C. The van der Waals surface area contributed by atoms with Crippen molar-refractivity contribution in [1.82, 2.24) is 15.1 Å². The van der Waals surface area contributed by atoms with Crippen LogP contribution in [0.3, 0.4) is 0 Å². The van der Waals surface area contributed by atoms with E-state index in [1.165, 1.54) is 0 Å². The lowest BCUT2D eigenvalue weighted by Crippen LogP contribution is -2.41. The van der Waals surface area contributed by atoms with Crippen molar-refractivity contribution in [3.63, 3.8) is 0 Å². The average Bonchev–Trinajstić information content (AvgIpc) is 2.71. The molecule has 21 heavy (non-hydrogen) atoms. The molecule has 0 bridgehead atoms. The second kappa shape index (κ2) is 8.07. The molecule has 1 amide bonds. The van der Waals surface area contributed by atoms with Crippen LogP contribution in [-0.4, -0.2) is 28.3 Å². The Bertz CT molecular complexity index is 474. The fraction of sp³-hybridized carbons (Fsp3) is 0.714. The quantitative estimate of drug-likeness (QED) is 0.772. The van der Waals surface area contributed by atoms with Crippen LogP contribution in [0.5, 0.6) is 0 Å². The summed E-state index contributed by atoms with van der Waals surface area (Å²) >= 11 is 0. The molecule has 1 unspecified atom stereocenters. The largest absolute Gasteiger partial charge is 0.352 e. The van der Waals surface area contributed by atoms with Gasteiger partial charge < -0.3 is 11.1 Å². The third kappa shape index (κ3) is 4.77. The highest BCUT2D eigenvalue weighted by atomic mass is 19.3. The number of nitrogens with zero attached hydrogens (tertiary/aromatic N) is 2. The molecule has 1 atom stereocenters. The lowest BCUT2D eigenvalue weighted by Gasteiger charge is -2.16. The highest BCUT2D eigenvalue weighted by molar-refractivity contribution is 5.79. The average molecular weight is 302 g/mol. The van der Waals surface area contributed by atoms with E-state index in [0.717, 1.165) is 19.3 Å². The monoisotopic (exact) mass is 302 g/mol. The minimum Gasteiger partial charge on any atom is -0.352 e. The minimum atomic E-state index is -2.69. The normalized spacial score (nSPS) is 12.7. The van der Waals surface area contributed by atoms with Crippen LogP contribution in [0.1, 0.15) is 49.7 Å². The first-order valence-corrected chi connectivity index (χ1v) is 7.22. The molecule has 0 saturated carbocycles. The van der Waals surface area contributed by atoms with Gasteiger partial charge in [0.15, 0.2) is 0 Å². The summed E-state index contributed by atoms with van der Waals surface area (Å²) < 4.78 is 26.1. The summed E-state index contributed by atoms with van der Waals surface area (Å²) in [5, 5.41) is 6.63. The van der Waals surface area contributed by atoms with Crippen LogP contribution in [0, 0.1) is 13.8 Å². The summed E-state index contributed by atoms with van der Waals surface area (Å²) in [6.45, 7) is 2.93. The van der Waals surface area contributed by atoms with Crippen LogP contribution in [-0.2, 0) is 11.2 Å². The number of halogens is 2. The molecule has 1 heterocycles. The molecule has 120 valence electrons. The molecule has 1 aromatic heterocycles. The van der Waals surface area contributed by atoms with Gasteiger partial charge in [-0.05, 0) is 20.3 Å². The van der Waals surface area contributed by atoms with Crippen LogP contribution in [0.15, 0.2) is 0 Å². The first-order chi connectivity index (χ1) is 9.90. The Hall–Kier alpha value is -1.50. The molecule has 1 aromatic rings. The number of hydrogen-bond acceptors (Lipinski definition) is 3. The molecule has 0 radical (unpaired) electrons. The molecule has 0 saturated heterocycles. The van der Waals surface area contributed by atoms with Gasteiger partial charge in [-0.2, -0.15) is 13.9 Å². The molecular formula is C14H24F2N4O. The third-order valence-electron chi connectivity index (χ3n) is 3.55. The van der Waals surface area contributed by atoms with Gasteiger partial charge in [0.1, 0.15) is 0 Å². The zero-order valence-electron chi connectivity index (χ0n) is 12.8. The molecule has 0 aromatic carbocycles. The van der Waals surface area contributed by atoms with Gasteiger partial charge >= 0.3 is 6.55 Å². The number of nitrogens with one attached hydrogen (secondary N) is 1. The van der Waals surface area contributed by atoms with Crippen LogP contribution < -0.4 is 11.1 Å². The highest BCUT2D eigenvalue weighted by Crippen LogP contribution is 2.19. The van der Waals surface area contributed by atoms with Crippen molar-refractivity contribution in [2.75, 3.05) is 6.54 Å². The van der Waals surface area contributed by atoms with Gasteiger partial charge in [-0.1, -0.05) is 19.8 Å². The van der Waals surface area contributed by atoms with E-state index in [1.54, 1.807) is 13.8 Å². The number of rotatable bonds is 8. The van der Waals surface area contributed by atoms with Gasteiger partial charge in [0.05, 0.1) is 12.1 Å². The predicted molar refractivity (Wildman–Crippen MR) is 77.2 cm³/mol. The zero-order valence-corrected chi connectivity index (χ0v) is 12.8. The van der Waals surface area contributed by atoms with Crippen molar-refractivity contribution in [2.24, 2.45) is 5.73 Å². The van der Waals surface area contributed by atoms with E-state index in [9.17, 15) is 13.6 Å². The fourth-order valence-electron chi connectivity index (χ4n) is 2.28. The molecule has 0 aliphatic rings. The molecular weight excluding hydrogens is 278 g/mol. The number of amides is 1. The number of carbonyl (C=O) groups excluding carboxylic acids is 1. The smallest absolute Gasteiger partial charge is 0.333 e. The Labute approximate surface area is 123 Å². The molecule has 7 heteroatoms. The van der Waals surface area contributed by atoms with E-state index in [4.69, 9.17) is 5.73 Å². The fourth-order valence-corrected chi connectivity index (χ4v) is 2.28. The van der Waals surface area contributed by atoms with Crippen LogP contribution >= 0.6 is 0 Å². The van der Waals surface area contributed by atoms with E-state index in [0.29, 0.717) is 28.2 Å². The topological polar surface area (TPSA) is 72.9 Å². The van der Waals surface area contributed by atoms with Gasteiger partial charge in [0.25, 0.3) is 0 Å². The van der Waals surface area contributed by atoms with Crippen molar-refractivity contribution in [3.8, 4) is 0 Å². The first-order valence-electron chi connectivity index (χ1n) is 7.22. The summed E-state index contributed by atoms with van der Waals surface area (Å²) in [4.78, 5) is 12.0. The summed E-state index contributed by atoms with van der Waals surface area (Å²) in [6.07, 6.45) is 2.90.